The van der Waals surface area contributed by atoms with Crippen molar-refractivity contribution in [3.05, 3.63) is 18.3 Å². The SMILES string of the molecule is CS(=O)(=O)OC[C@H]1COc2cccnc2O1. The molecule has 0 spiro atoms. The summed E-state index contributed by atoms with van der Waals surface area (Å²) in [7, 11) is -3.46. The van der Waals surface area contributed by atoms with E-state index in [1.54, 1.807) is 18.3 Å². The zero-order chi connectivity index (χ0) is 11.6. The van der Waals surface area contributed by atoms with Crippen LogP contribution < -0.4 is 9.47 Å². The van der Waals surface area contributed by atoms with E-state index >= 15 is 0 Å². The smallest absolute Gasteiger partial charge is 0.264 e. The second kappa shape index (κ2) is 4.26. The molecular formula is C9H11NO5S. The van der Waals surface area contributed by atoms with E-state index in [9.17, 15) is 8.42 Å². The molecule has 0 bridgehead atoms. The highest BCUT2D eigenvalue weighted by atomic mass is 32.2. The average Bonchev–Trinajstić information content (AvgIpc) is 2.25. The summed E-state index contributed by atoms with van der Waals surface area (Å²) in [4.78, 5) is 3.96. The highest BCUT2D eigenvalue weighted by Gasteiger charge is 2.23. The van der Waals surface area contributed by atoms with E-state index in [2.05, 4.69) is 9.17 Å². The van der Waals surface area contributed by atoms with Gasteiger partial charge in [-0.3, -0.25) is 4.18 Å². The first-order valence-electron chi connectivity index (χ1n) is 4.63. The fraction of sp³-hybridized carbons (Fsp3) is 0.444. The van der Waals surface area contributed by atoms with E-state index in [0.717, 1.165) is 6.26 Å². The Balaban J connectivity index is 1.98. The molecule has 2 rings (SSSR count). The van der Waals surface area contributed by atoms with E-state index < -0.39 is 16.2 Å². The summed E-state index contributed by atoms with van der Waals surface area (Å²) in [5, 5.41) is 0. The van der Waals surface area contributed by atoms with Gasteiger partial charge < -0.3 is 9.47 Å². The summed E-state index contributed by atoms with van der Waals surface area (Å²) in [6, 6.07) is 3.46. The maximum Gasteiger partial charge on any atom is 0.264 e. The van der Waals surface area contributed by atoms with Crippen LogP contribution in [0.25, 0.3) is 0 Å². The van der Waals surface area contributed by atoms with Gasteiger partial charge in [0.25, 0.3) is 16.0 Å². The Labute approximate surface area is 93.3 Å². The molecule has 16 heavy (non-hydrogen) atoms. The van der Waals surface area contributed by atoms with Crippen LogP contribution in [0.3, 0.4) is 0 Å². The van der Waals surface area contributed by atoms with Crippen LogP contribution in [-0.4, -0.2) is 39.0 Å². The molecule has 0 aliphatic carbocycles. The van der Waals surface area contributed by atoms with E-state index in [-0.39, 0.29) is 13.2 Å². The van der Waals surface area contributed by atoms with E-state index in [1.807, 2.05) is 0 Å². The molecule has 0 saturated carbocycles. The van der Waals surface area contributed by atoms with Crippen LogP contribution in [0.2, 0.25) is 0 Å². The van der Waals surface area contributed by atoms with Crippen LogP contribution in [0.1, 0.15) is 0 Å². The van der Waals surface area contributed by atoms with Crippen molar-refractivity contribution in [3.8, 4) is 11.6 Å². The first-order chi connectivity index (χ1) is 7.54. The van der Waals surface area contributed by atoms with Gasteiger partial charge >= 0.3 is 0 Å². The van der Waals surface area contributed by atoms with Crippen LogP contribution >= 0.6 is 0 Å². The van der Waals surface area contributed by atoms with Crippen molar-refractivity contribution in [3.63, 3.8) is 0 Å². The third-order valence-electron chi connectivity index (χ3n) is 1.91. The first-order valence-corrected chi connectivity index (χ1v) is 6.45. The summed E-state index contributed by atoms with van der Waals surface area (Å²) in [5.74, 6) is 0.911. The van der Waals surface area contributed by atoms with Gasteiger partial charge in [-0.05, 0) is 12.1 Å². The van der Waals surface area contributed by atoms with Gasteiger partial charge in [-0.2, -0.15) is 8.42 Å². The van der Waals surface area contributed by atoms with Gasteiger partial charge in [0.15, 0.2) is 11.9 Å². The normalized spacial score (nSPS) is 19.4. The summed E-state index contributed by atoms with van der Waals surface area (Å²) in [6.45, 7) is 0.170. The molecule has 0 fully saturated rings. The van der Waals surface area contributed by atoms with E-state index in [4.69, 9.17) is 9.47 Å². The van der Waals surface area contributed by atoms with Crippen molar-refractivity contribution >= 4 is 10.1 Å². The van der Waals surface area contributed by atoms with Crippen LogP contribution in [0, 0.1) is 0 Å². The van der Waals surface area contributed by atoms with Crippen molar-refractivity contribution in [2.45, 2.75) is 6.10 Å². The molecule has 0 radical (unpaired) electrons. The number of ether oxygens (including phenoxy) is 2. The molecule has 1 aliphatic rings. The van der Waals surface area contributed by atoms with Crippen LogP contribution in [0.15, 0.2) is 18.3 Å². The fourth-order valence-corrected chi connectivity index (χ4v) is 1.63. The Morgan fingerprint density at radius 1 is 1.62 bits per heavy atom. The second-order valence-electron chi connectivity index (χ2n) is 3.35. The number of pyridine rings is 1. The lowest BCUT2D eigenvalue weighted by molar-refractivity contribution is 0.0509. The van der Waals surface area contributed by atoms with Crippen molar-refractivity contribution in [2.75, 3.05) is 19.5 Å². The van der Waals surface area contributed by atoms with Gasteiger partial charge in [0.2, 0.25) is 0 Å². The molecular weight excluding hydrogens is 234 g/mol. The summed E-state index contributed by atoms with van der Waals surface area (Å²) in [6.07, 6.45) is 2.10. The Morgan fingerprint density at radius 2 is 2.44 bits per heavy atom. The van der Waals surface area contributed by atoms with Gasteiger partial charge in [-0.1, -0.05) is 0 Å². The number of hydrogen-bond acceptors (Lipinski definition) is 6. The summed E-state index contributed by atoms with van der Waals surface area (Å²) >= 11 is 0. The molecule has 2 heterocycles. The molecule has 1 aliphatic heterocycles. The molecule has 88 valence electrons. The Morgan fingerprint density at radius 3 is 3.19 bits per heavy atom. The molecule has 0 unspecified atom stereocenters. The first kappa shape index (κ1) is 11.2. The molecule has 0 amide bonds. The van der Waals surface area contributed by atoms with Crippen molar-refractivity contribution in [1.29, 1.82) is 0 Å². The van der Waals surface area contributed by atoms with Gasteiger partial charge in [0.1, 0.15) is 13.2 Å². The zero-order valence-corrected chi connectivity index (χ0v) is 9.44. The van der Waals surface area contributed by atoms with Crippen LogP contribution in [0.4, 0.5) is 0 Å². The largest absolute Gasteiger partial charge is 0.484 e. The third-order valence-corrected chi connectivity index (χ3v) is 2.47. The molecule has 6 nitrogen and oxygen atoms in total. The lowest BCUT2D eigenvalue weighted by atomic mass is 10.3. The van der Waals surface area contributed by atoms with E-state index in [1.165, 1.54) is 0 Å². The predicted octanol–water partition coefficient (Wildman–Crippen LogP) is 0.198. The molecule has 1 aromatic heterocycles. The molecule has 7 heteroatoms. The minimum Gasteiger partial charge on any atom is -0.484 e. The van der Waals surface area contributed by atoms with Crippen LogP contribution in [0.5, 0.6) is 11.6 Å². The number of nitrogens with zero attached hydrogens (tertiary/aromatic N) is 1. The molecule has 1 atom stereocenters. The second-order valence-corrected chi connectivity index (χ2v) is 4.99. The monoisotopic (exact) mass is 245 g/mol. The Hall–Kier alpha value is -1.34. The number of hydrogen-bond donors (Lipinski definition) is 0. The molecule has 0 N–H and O–H groups in total. The minimum atomic E-state index is -3.46. The number of aromatic nitrogens is 1. The summed E-state index contributed by atoms with van der Waals surface area (Å²) in [5.41, 5.74) is 0. The fourth-order valence-electron chi connectivity index (χ4n) is 1.23. The zero-order valence-electron chi connectivity index (χ0n) is 8.62. The van der Waals surface area contributed by atoms with Gasteiger partial charge in [-0.15, -0.1) is 0 Å². The maximum absolute atomic E-state index is 10.8. The highest BCUT2D eigenvalue weighted by molar-refractivity contribution is 7.85. The minimum absolute atomic E-state index is 0.0746. The van der Waals surface area contributed by atoms with Crippen molar-refractivity contribution in [2.24, 2.45) is 0 Å². The quantitative estimate of drug-likeness (QED) is 0.708. The Kier molecular flexibility index (Phi) is 2.97. The summed E-state index contributed by atoms with van der Waals surface area (Å²) < 4.78 is 36.9. The third kappa shape index (κ3) is 2.83. The lowest BCUT2D eigenvalue weighted by Crippen LogP contribution is -2.34. The van der Waals surface area contributed by atoms with Gasteiger partial charge in [0.05, 0.1) is 6.26 Å². The molecule has 1 aromatic rings. The maximum atomic E-state index is 10.8. The molecule has 0 saturated heterocycles. The standard InChI is InChI=1S/C9H11NO5S/c1-16(11,12)14-6-7-5-13-8-3-2-4-10-9(8)15-7/h2-4,7H,5-6H2,1H3/t7-/m1/s1. The van der Waals surface area contributed by atoms with Gasteiger partial charge in [-0.25, -0.2) is 4.98 Å². The van der Waals surface area contributed by atoms with Gasteiger partial charge in [0, 0.05) is 6.20 Å². The van der Waals surface area contributed by atoms with Crippen molar-refractivity contribution < 1.29 is 22.1 Å². The molecule has 0 aromatic carbocycles. The topological polar surface area (TPSA) is 74.7 Å². The average molecular weight is 245 g/mol. The highest BCUT2D eigenvalue weighted by Crippen LogP contribution is 2.28. The lowest BCUT2D eigenvalue weighted by Gasteiger charge is -2.24. The Bertz CT molecular complexity index is 473. The van der Waals surface area contributed by atoms with Crippen molar-refractivity contribution in [1.82, 2.24) is 4.98 Å². The number of fused-ring (bicyclic) bond motifs is 1. The predicted molar refractivity (Wildman–Crippen MR) is 54.9 cm³/mol. The van der Waals surface area contributed by atoms with Crippen LogP contribution in [-0.2, 0) is 14.3 Å². The number of rotatable bonds is 3. The van der Waals surface area contributed by atoms with E-state index in [0.29, 0.717) is 11.6 Å².